The van der Waals surface area contributed by atoms with Crippen molar-refractivity contribution in [3.05, 3.63) is 64.9 Å². The molecule has 2 aromatic rings. The van der Waals surface area contributed by atoms with Crippen molar-refractivity contribution in [2.45, 2.75) is 6.54 Å². The Labute approximate surface area is 150 Å². The number of rotatable bonds is 7. The van der Waals surface area contributed by atoms with Gasteiger partial charge in [0.2, 0.25) is 11.8 Å². The van der Waals surface area contributed by atoms with Crippen LogP contribution < -0.4 is 10.6 Å². The number of anilines is 1. The topological polar surface area (TPSA) is 61.4 Å². The number of nitrogens with zero attached hydrogens (tertiary/aromatic N) is 1. The standard InChI is InChI=1S/C18H19ClFN3O2/c1-23(11-13-4-2-3-5-16(13)19)12-18(25)21-10-17(24)22-15-8-6-14(20)7-9-15/h2-9H,10-12H2,1H3,(H,21,25)(H,22,24). The fourth-order valence-electron chi connectivity index (χ4n) is 2.19. The Kier molecular flexibility index (Phi) is 6.91. The summed E-state index contributed by atoms with van der Waals surface area (Å²) in [6.07, 6.45) is 0. The highest BCUT2D eigenvalue weighted by atomic mass is 35.5. The van der Waals surface area contributed by atoms with Gasteiger partial charge in [-0.3, -0.25) is 14.5 Å². The fourth-order valence-corrected chi connectivity index (χ4v) is 2.39. The summed E-state index contributed by atoms with van der Waals surface area (Å²) < 4.78 is 12.8. The quantitative estimate of drug-likeness (QED) is 0.795. The summed E-state index contributed by atoms with van der Waals surface area (Å²) in [5.41, 5.74) is 1.39. The van der Waals surface area contributed by atoms with Gasteiger partial charge in [0, 0.05) is 17.3 Å². The number of benzene rings is 2. The molecule has 0 saturated heterocycles. The van der Waals surface area contributed by atoms with Gasteiger partial charge in [0.05, 0.1) is 13.1 Å². The number of hydrogen-bond donors (Lipinski definition) is 2. The van der Waals surface area contributed by atoms with Crippen LogP contribution in [0.2, 0.25) is 5.02 Å². The zero-order valence-corrected chi connectivity index (χ0v) is 14.5. The summed E-state index contributed by atoms with van der Waals surface area (Å²) in [6, 6.07) is 12.8. The number of likely N-dealkylation sites (N-methyl/N-ethyl adjacent to an activating group) is 1. The Morgan fingerprint density at radius 2 is 1.76 bits per heavy atom. The van der Waals surface area contributed by atoms with E-state index < -0.39 is 0 Å². The normalized spacial score (nSPS) is 10.6. The minimum atomic E-state index is -0.382. The molecule has 0 aromatic heterocycles. The number of nitrogens with one attached hydrogen (secondary N) is 2. The molecule has 0 unspecified atom stereocenters. The zero-order chi connectivity index (χ0) is 18.2. The second-order valence-electron chi connectivity index (χ2n) is 5.60. The lowest BCUT2D eigenvalue weighted by Gasteiger charge is -2.17. The van der Waals surface area contributed by atoms with Crippen LogP contribution in [0.4, 0.5) is 10.1 Å². The predicted molar refractivity (Wildman–Crippen MR) is 95.8 cm³/mol. The molecule has 2 N–H and O–H groups in total. The Morgan fingerprint density at radius 1 is 1.08 bits per heavy atom. The first-order chi connectivity index (χ1) is 11.9. The maximum Gasteiger partial charge on any atom is 0.243 e. The lowest BCUT2D eigenvalue weighted by atomic mass is 10.2. The van der Waals surface area contributed by atoms with Crippen LogP contribution in [0.1, 0.15) is 5.56 Å². The van der Waals surface area contributed by atoms with Crippen molar-refractivity contribution < 1.29 is 14.0 Å². The van der Waals surface area contributed by atoms with Crippen LogP contribution in [0.3, 0.4) is 0 Å². The first-order valence-corrected chi connectivity index (χ1v) is 8.06. The molecule has 0 spiro atoms. The van der Waals surface area contributed by atoms with Gasteiger partial charge in [0.15, 0.2) is 0 Å². The van der Waals surface area contributed by atoms with Gasteiger partial charge in [-0.05, 0) is 42.9 Å². The molecule has 0 atom stereocenters. The molecular weight excluding hydrogens is 345 g/mol. The molecule has 0 aliphatic rings. The second-order valence-corrected chi connectivity index (χ2v) is 6.00. The van der Waals surface area contributed by atoms with Crippen LogP contribution in [0.5, 0.6) is 0 Å². The first-order valence-electron chi connectivity index (χ1n) is 7.68. The van der Waals surface area contributed by atoms with Crippen molar-refractivity contribution in [3.63, 3.8) is 0 Å². The van der Waals surface area contributed by atoms with Crippen molar-refractivity contribution in [1.29, 1.82) is 0 Å². The van der Waals surface area contributed by atoms with E-state index in [1.54, 1.807) is 18.0 Å². The van der Waals surface area contributed by atoms with Crippen molar-refractivity contribution in [2.75, 3.05) is 25.5 Å². The summed E-state index contributed by atoms with van der Waals surface area (Å²) in [7, 11) is 1.79. The van der Waals surface area contributed by atoms with E-state index >= 15 is 0 Å². The van der Waals surface area contributed by atoms with Gasteiger partial charge in [-0.25, -0.2) is 4.39 Å². The zero-order valence-electron chi connectivity index (χ0n) is 13.8. The monoisotopic (exact) mass is 363 g/mol. The lowest BCUT2D eigenvalue weighted by Crippen LogP contribution is -2.39. The molecular formula is C18H19ClFN3O2. The Hall–Kier alpha value is -2.44. The number of halogens is 2. The summed E-state index contributed by atoms with van der Waals surface area (Å²) in [6.45, 7) is 0.500. The Morgan fingerprint density at radius 3 is 2.44 bits per heavy atom. The van der Waals surface area contributed by atoms with Crippen LogP contribution in [-0.4, -0.2) is 36.9 Å². The minimum absolute atomic E-state index is 0.134. The molecule has 25 heavy (non-hydrogen) atoms. The molecule has 0 radical (unpaired) electrons. The molecule has 0 saturated carbocycles. The van der Waals surface area contributed by atoms with E-state index in [2.05, 4.69) is 10.6 Å². The SMILES string of the molecule is CN(CC(=O)NCC(=O)Nc1ccc(F)cc1)Cc1ccccc1Cl. The minimum Gasteiger partial charge on any atom is -0.346 e. The average Bonchev–Trinajstić information content (AvgIpc) is 2.57. The molecule has 0 fully saturated rings. The van der Waals surface area contributed by atoms with E-state index in [4.69, 9.17) is 11.6 Å². The number of carbonyl (C=O) groups is 2. The molecule has 0 aliphatic heterocycles. The van der Waals surface area contributed by atoms with E-state index in [9.17, 15) is 14.0 Å². The van der Waals surface area contributed by atoms with Crippen molar-refractivity contribution in [1.82, 2.24) is 10.2 Å². The highest BCUT2D eigenvalue weighted by molar-refractivity contribution is 6.31. The summed E-state index contributed by atoms with van der Waals surface area (Å²) in [4.78, 5) is 25.5. The predicted octanol–water partition coefficient (Wildman–Crippen LogP) is 2.67. The number of carbonyl (C=O) groups excluding carboxylic acids is 2. The van der Waals surface area contributed by atoms with Crippen molar-refractivity contribution in [3.8, 4) is 0 Å². The van der Waals surface area contributed by atoms with Crippen molar-refractivity contribution >= 4 is 29.1 Å². The van der Waals surface area contributed by atoms with Gasteiger partial charge in [0.25, 0.3) is 0 Å². The van der Waals surface area contributed by atoms with Crippen LogP contribution in [0.25, 0.3) is 0 Å². The third kappa shape index (κ3) is 6.52. The molecule has 5 nitrogen and oxygen atoms in total. The third-order valence-electron chi connectivity index (χ3n) is 3.39. The van der Waals surface area contributed by atoms with E-state index in [1.807, 2.05) is 18.2 Å². The summed E-state index contributed by atoms with van der Waals surface area (Å²) >= 11 is 6.09. The molecule has 2 aromatic carbocycles. The van der Waals surface area contributed by atoms with E-state index in [0.717, 1.165) is 5.56 Å². The van der Waals surface area contributed by atoms with Gasteiger partial charge in [0.1, 0.15) is 5.82 Å². The van der Waals surface area contributed by atoms with Crippen LogP contribution in [0, 0.1) is 5.82 Å². The highest BCUT2D eigenvalue weighted by Crippen LogP contribution is 2.16. The average molecular weight is 364 g/mol. The largest absolute Gasteiger partial charge is 0.346 e. The Bertz CT molecular complexity index is 737. The number of amides is 2. The van der Waals surface area contributed by atoms with Crippen LogP contribution in [-0.2, 0) is 16.1 Å². The van der Waals surface area contributed by atoms with Crippen molar-refractivity contribution in [2.24, 2.45) is 0 Å². The molecule has 0 bridgehead atoms. The maximum absolute atomic E-state index is 12.8. The highest BCUT2D eigenvalue weighted by Gasteiger charge is 2.10. The summed E-state index contributed by atoms with van der Waals surface area (Å²) in [5.74, 6) is -1.04. The molecule has 7 heteroatoms. The van der Waals surface area contributed by atoms with Gasteiger partial charge in [-0.1, -0.05) is 29.8 Å². The lowest BCUT2D eigenvalue weighted by molar-refractivity contribution is -0.124. The van der Waals surface area contributed by atoms with Gasteiger partial charge in [-0.2, -0.15) is 0 Å². The molecule has 0 heterocycles. The van der Waals surface area contributed by atoms with Crippen LogP contribution in [0.15, 0.2) is 48.5 Å². The molecule has 132 valence electrons. The van der Waals surface area contributed by atoms with Gasteiger partial charge < -0.3 is 10.6 Å². The van der Waals surface area contributed by atoms with E-state index in [0.29, 0.717) is 17.3 Å². The van der Waals surface area contributed by atoms with E-state index in [-0.39, 0.29) is 30.7 Å². The van der Waals surface area contributed by atoms with Gasteiger partial charge in [-0.15, -0.1) is 0 Å². The number of hydrogen-bond acceptors (Lipinski definition) is 3. The molecule has 2 amide bonds. The fraction of sp³-hybridized carbons (Fsp3) is 0.222. The maximum atomic E-state index is 12.8. The molecule has 0 aliphatic carbocycles. The first kappa shape index (κ1) is 18.9. The van der Waals surface area contributed by atoms with E-state index in [1.165, 1.54) is 24.3 Å². The van der Waals surface area contributed by atoms with Gasteiger partial charge >= 0.3 is 0 Å². The smallest absolute Gasteiger partial charge is 0.243 e. The van der Waals surface area contributed by atoms with Crippen LogP contribution >= 0.6 is 11.6 Å². The Balaban J connectivity index is 1.73. The summed E-state index contributed by atoms with van der Waals surface area (Å²) in [5, 5.41) is 5.77. The molecule has 2 rings (SSSR count). The third-order valence-corrected chi connectivity index (χ3v) is 3.75. The second kappa shape index (κ2) is 9.15.